The molecule has 6 heteroatoms. The first-order chi connectivity index (χ1) is 16.3. The number of rotatable bonds is 22. The largest absolute Gasteiger partial charge is 0.481 e. The summed E-state index contributed by atoms with van der Waals surface area (Å²) in [6.45, 7) is 6.54. The van der Waals surface area contributed by atoms with E-state index in [0.717, 1.165) is 38.5 Å². The van der Waals surface area contributed by atoms with Gasteiger partial charge in [0.2, 0.25) is 0 Å². The molecule has 0 aliphatic carbocycles. The smallest absolute Gasteiger partial charge is 0.303 e. The zero-order valence-electron chi connectivity index (χ0n) is 22.7. The summed E-state index contributed by atoms with van der Waals surface area (Å²) >= 11 is 0. The molecule has 34 heavy (non-hydrogen) atoms. The van der Waals surface area contributed by atoms with Crippen molar-refractivity contribution in [3.05, 3.63) is 0 Å². The molecule has 0 atom stereocenters. The third-order valence-corrected chi connectivity index (χ3v) is 5.55. The van der Waals surface area contributed by atoms with Gasteiger partial charge >= 0.3 is 11.9 Å². The van der Waals surface area contributed by atoms with Gasteiger partial charge in [-0.15, -0.1) is 0 Å². The van der Waals surface area contributed by atoms with Gasteiger partial charge in [0.15, 0.2) is 6.29 Å². The van der Waals surface area contributed by atoms with Crippen molar-refractivity contribution in [2.24, 2.45) is 0 Å². The Labute approximate surface area is 210 Å². The molecule has 4 N–H and O–H groups in total. The summed E-state index contributed by atoms with van der Waals surface area (Å²) in [5.74, 6) is -1.34. The van der Waals surface area contributed by atoms with E-state index in [2.05, 4.69) is 20.8 Å². The zero-order chi connectivity index (χ0) is 26.3. The van der Waals surface area contributed by atoms with Crippen molar-refractivity contribution < 1.29 is 30.0 Å². The van der Waals surface area contributed by atoms with Crippen molar-refractivity contribution in [3.63, 3.8) is 0 Å². The molecule has 0 aromatic heterocycles. The van der Waals surface area contributed by atoms with Crippen LogP contribution in [-0.4, -0.2) is 38.7 Å². The molecule has 0 aliphatic heterocycles. The van der Waals surface area contributed by atoms with E-state index >= 15 is 0 Å². The molecule has 0 aromatic rings. The quantitative estimate of drug-likeness (QED) is 0.0900. The molecule has 0 amide bonds. The Morgan fingerprint density at radius 3 is 1.00 bits per heavy atom. The van der Waals surface area contributed by atoms with Gasteiger partial charge in [-0.05, 0) is 25.7 Å². The molecule has 0 spiro atoms. The second kappa shape index (κ2) is 34.0. The Kier molecular flexibility index (Phi) is 37.4. The molecule has 6 nitrogen and oxygen atoms in total. The lowest BCUT2D eigenvalue weighted by Gasteiger charge is -2.03. The van der Waals surface area contributed by atoms with Crippen molar-refractivity contribution in [1.82, 2.24) is 0 Å². The van der Waals surface area contributed by atoms with Crippen molar-refractivity contribution >= 4 is 11.9 Å². The Balaban J connectivity index is -0.000000434. The van der Waals surface area contributed by atoms with Gasteiger partial charge in [0, 0.05) is 12.8 Å². The van der Waals surface area contributed by atoms with Gasteiger partial charge in [-0.2, -0.15) is 0 Å². The SMILES string of the molecule is CCCCCCCC(=O)O.CCCCCCCC(=O)O.CCCCCCCCCCCC(O)O. The fourth-order valence-corrected chi connectivity index (χ4v) is 3.40. The number of aliphatic carboxylic acids is 2. The molecule has 0 fully saturated rings. The van der Waals surface area contributed by atoms with E-state index in [9.17, 15) is 9.59 Å². The van der Waals surface area contributed by atoms with E-state index in [1.807, 2.05) is 0 Å². The topological polar surface area (TPSA) is 115 Å². The summed E-state index contributed by atoms with van der Waals surface area (Å²) in [4.78, 5) is 20.1. The van der Waals surface area contributed by atoms with Gasteiger partial charge in [0.1, 0.15) is 0 Å². The second-order valence-corrected chi connectivity index (χ2v) is 9.21. The van der Waals surface area contributed by atoms with Crippen LogP contribution in [0.4, 0.5) is 0 Å². The number of carbonyl (C=O) groups is 2. The number of hydrogen-bond acceptors (Lipinski definition) is 4. The minimum atomic E-state index is -1.10. The van der Waals surface area contributed by atoms with Crippen LogP contribution in [0.2, 0.25) is 0 Å². The summed E-state index contributed by atoms with van der Waals surface area (Å²) in [7, 11) is 0. The molecule has 0 rings (SSSR count). The third kappa shape index (κ3) is 48.3. The van der Waals surface area contributed by atoms with E-state index < -0.39 is 18.2 Å². The number of carboxylic acids is 2. The first-order valence-corrected chi connectivity index (χ1v) is 14.1. The van der Waals surface area contributed by atoms with Gasteiger partial charge in [0.25, 0.3) is 0 Å². The number of aliphatic hydroxyl groups excluding tert-OH is 1. The van der Waals surface area contributed by atoms with Crippen LogP contribution in [0.25, 0.3) is 0 Å². The highest BCUT2D eigenvalue weighted by Crippen LogP contribution is 2.11. The first kappa shape index (κ1) is 37.4. The number of carboxylic acid groups (broad SMARTS) is 2. The predicted molar refractivity (Wildman–Crippen MR) is 142 cm³/mol. The fraction of sp³-hybridized carbons (Fsp3) is 0.929. The van der Waals surface area contributed by atoms with Crippen LogP contribution in [0.5, 0.6) is 0 Å². The standard InChI is InChI=1S/C12H26O2.2C8H16O2/c1-2-3-4-5-6-7-8-9-10-11-12(13)14;2*1-2-3-4-5-6-7-8(9)10/h12-14H,2-11H2,1H3;2*2-7H2,1H3,(H,9,10). The van der Waals surface area contributed by atoms with Crippen LogP contribution in [0.15, 0.2) is 0 Å². The van der Waals surface area contributed by atoms with Crippen molar-refractivity contribution in [2.75, 3.05) is 0 Å². The summed E-state index contributed by atoms with van der Waals surface area (Å²) < 4.78 is 0. The number of aliphatic hydroxyl groups is 2. The highest BCUT2D eigenvalue weighted by molar-refractivity contribution is 5.66. The monoisotopic (exact) mass is 490 g/mol. The average molecular weight is 491 g/mol. The minimum Gasteiger partial charge on any atom is -0.481 e. The van der Waals surface area contributed by atoms with Gasteiger partial charge in [-0.25, -0.2) is 0 Å². The van der Waals surface area contributed by atoms with E-state index in [1.165, 1.54) is 83.5 Å². The molecule has 0 saturated heterocycles. The van der Waals surface area contributed by atoms with Crippen molar-refractivity contribution in [2.45, 2.75) is 168 Å². The molecule has 0 aromatic carbocycles. The molecule has 206 valence electrons. The van der Waals surface area contributed by atoms with E-state index in [-0.39, 0.29) is 0 Å². The van der Waals surface area contributed by atoms with Crippen LogP contribution in [0.1, 0.15) is 162 Å². The normalized spacial score (nSPS) is 10.3. The fourth-order valence-electron chi connectivity index (χ4n) is 3.40. The van der Waals surface area contributed by atoms with Crippen molar-refractivity contribution in [1.29, 1.82) is 0 Å². The van der Waals surface area contributed by atoms with Crippen LogP contribution < -0.4 is 0 Å². The molecular weight excluding hydrogens is 432 g/mol. The highest BCUT2D eigenvalue weighted by atomic mass is 16.5. The number of hydrogen-bond donors (Lipinski definition) is 4. The van der Waals surface area contributed by atoms with Crippen molar-refractivity contribution in [3.8, 4) is 0 Å². The van der Waals surface area contributed by atoms with E-state index in [0.29, 0.717) is 19.3 Å². The van der Waals surface area contributed by atoms with Gasteiger partial charge in [-0.1, -0.05) is 124 Å². The summed E-state index contributed by atoms with van der Waals surface area (Å²) in [5, 5.41) is 33.8. The third-order valence-electron chi connectivity index (χ3n) is 5.55. The van der Waals surface area contributed by atoms with Crippen LogP contribution >= 0.6 is 0 Å². The molecule has 0 unspecified atom stereocenters. The van der Waals surface area contributed by atoms with Gasteiger partial charge in [0.05, 0.1) is 0 Å². The van der Waals surface area contributed by atoms with Crippen LogP contribution in [-0.2, 0) is 9.59 Å². The maximum atomic E-state index is 10.0. The molecular formula is C28H58O6. The molecule has 0 saturated carbocycles. The Hall–Kier alpha value is -1.14. The highest BCUT2D eigenvalue weighted by Gasteiger charge is 1.97. The maximum absolute atomic E-state index is 10.0. The maximum Gasteiger partial charge on any atom is 0.303 e. The average Bonchev–Trinajstić information content (AvgIpc) is 2.78. The summed E-state index contributed by atoms with van der Waals surface area (Å²) in [5.41, 5.74) is 0. The van der Waals surface area contributed by atoms with Gasteiger partial charge < -0.3 is 20.4 Å². The molecule has 0 aliphatic rings. The molecule has 0 radical (unpaired) electrons. The second-order valence-electron chi connectivity index (χ2n) is 9.21. The molecule has 0 heterocycles. The van der Waals surface area contributed by atoms with Crippen LogP contribution in [0.3, 0.4) is 0 Å². The molecule has 0 bridgehead atoms. The van der Waals surface area contributed by atoms with E-state index in [1.54, 1.807) is 0 Å². The number of unbranched alkanes of at least 4 members (excludes halogenated alkanes) is 16. The Morgan fingerprint density at radius 1 is 0.471 bits per heavy atom. The lowest BCUT2D eigenvalue weighted by atomic mass is 10.1. The summed E-state index contributed by atoms with van der Waals surface area (Å²) in [6, 6.07) is 0. The zero-order valence-corrected chi connectivity index (χ0v) is 22.7. The minimum absolute atomic E-state index is 0.337. The Bertz CT molecular complexity index is 374. The summed E-state index contributed by atoms with van der Waals surface area (Å²) in [6.07, 6.45) is 22.7. The van der Waals surface area contributed by atoms with Gasteiger partial charge in [-0.3, -0.25) is 9.59 Å². The van der Waals surface area contributed by atoms with Crippen LogP contribution in [0, 0.1) is 0 Å². The lowest BCUT2D eigenvalue weighted by molar-refractivity contribution is -0.138. The Morgan fingerprint density at radius 2 is 0.735 bits per heavy atom. The lowest BCUT2D eigenvalue weighted by Crippen LogP contribution is -2.02. The van der Waals surface area contributed by atoms with E-state index in [4.69, 9.17) is 20.4 Å². The predicted octanol–water partition coefficient (Wildman–Crippen LogP) is 8.08. The first-order valence-electron chi connectivity index (χ1n) is 14.1.